The molecule has 7 heteroatoms. The lowest BCUT2D eigenvalue weighted by molar-refractivity contribution is 0.0775. The van der Waals surface area contributed by atoms with Crippen molar-refractivity contribution in [3.8, 4) is 0 Å². The Kier molecular flexibility index (Phi) is 5.08. The summed E-state index contributed by atoms with van der Waals surface area (Å²) in [5.41, 5.74) is 2.70. The summed E-state index contributed by atoms with van der Waals surface area (Å²) in [6, 6.07) is 4.53. The van der Waals surface area contributed by atoms with Crippen molar-refractivity contribution in [2.75, 3.05) is 39.3 Å². The van der Waals surface area contributed by atoms with Crippen LogP contribution in [0.25, 0.3) is 10.9 Å². The van der Waals surface area contributed by atoms with Crippen molar-refractivity contribution < 1.29 is 4.79 Å². The number of nitrogens with zero attached hydrogens (tertiary/aromatic N) is 3. The highest BCUT2D eigenvalue weighted by atomic mass is 35.5. The molecular weight excluding hydrogens is 326 g/mol. The number of hydrogen-bond donors (Lipinski definition) is 2. The highest BCUT2D eigenvalue weighted by molar-refractivity contribution is 6.05. The largest absolute Gasteiger partial charge is 0.337 e. The van der Waals surface area contributed by atoms with Gasteiger partial charge in [-0.3, -0.25) is 14.8 Å². The maximum absolute atomic E-state index is 13.0. The number of amides is 1. The Morgan fingerprint density at radius 2 is 2.04 bits per heavy atom. The first-order valence-corrected chi connectivity index (χ1v) is 8.40. The van der Waals surface area contributed by atoms with Crippen molar-refractivity contribution in [1.82, 2.24) is 25.3 Å². The molecule has 130 valence electrons. The van der Waals surface area contributed by atoms with Gasteiger partial charge in [0, 0.05) is 50.7 Å². The van der Waals surface area contributed by atoms with Gasteiger partial charge in [0.1, 0.15) is 0 Å². The molecule has 1 unspecified atom stereocenters. The molecule has 2 fully saturated rings. The van der Waals surface area contributed by atoms with Crippen LogP contribution in [0.3, 0.4) is 0 Å². The zero-order chi connectivity index (χ0) is 15.8. The van der Waals surface area contributed by atoms with E-state index in [0.717, 1.165) is 67.7 Å². The van der Waals surface area contributed by atoms with E-state index in [1.807, 2.05) is 17.9 Å². The van der Waals surface area contributed by atoms with E-state index >= 15 is 0 Å². The number of carbonyl (C=O) groups is 1. The molecule has 24 heavy (non-hydrogen) atoms. The number of benzene rings is 1. The molecule has 2 N–H and O–H groups in total. The molecule has 2 saturated heterocycles. The zero-order valence-electron chi connectivity index (χ0n) is 13.9. The van der Waals surface area contributed by atoms with Crippen LogP contribution in [0.4, 0.5) is 0 Å². The second kappa shape index (κ2) is 7.09. The molecule has 6 nitrogen and oxygen atoms in total. The molecule has 0 radical (unpaired) electrons. The molecule has 2 aliphatic heterocycles. The van der Waals surface area contributed by atoms with E-state index in [1.54, 1.807) is 6.20 Å². The smallest absolute Gasteiger partial charge is 0.256 e. The van der Waals surface area contributed by atoms with Crippen LogP contribution in [0.5, 0.6) is 0 Å². The number of aryl methyl sites for hydroxylation is 1. The Balaban J connectivity index is 0.00000169. The van der Waals surface area contributed by atoms with Crippen molar-refractivity contribution in [2.24, 2.45) is 0 Å². The molecule has 2 aliphatic rings. The minimum Gasteiger partial charge on any atom is -0.337 e. The normalized spacial score (nSPS) is 21.9. The number of likely N-dealkylation sites (tertiary alicyclic amines) is 1. The van der Waals surface area contributed by atoms with Gasteiger partial charge in [0.15, 0.2) is 0 Å². The Morgan fingerprint density at radius 3 is 2.83 bits per heavy atom. The number of piperazine rings is 1. The number of rotatable bonds is 2. The predicted molar refractivity (Wildman–Crippen MR) is 96.8 cm³/mol. The van der Waals surface area contributed by atoms with Crippen LogP contribution >= 0.6 is 12.4 Å². The first-order chi connectivity index (χ1) is 11.2. The van der Waals surface area contributed by atoms with Gasteiger partial charge in [0.25, 0.3) is 5.91 Å². The lowest BCUT2D eigenvalue weighted by Crippen LogP contribution is -2.49. The van der Waals surface area contributed by atoms with Crippen LogP contribution in [-0.4, -0.2) is 71.2 Å². The number of fused-ring (bicyclic) bond motifs is 1. The summed E-state index contributed by atoms with van der Waals surface area (Å²) in [4.78, 5) is 17.5. The van der Waals surface area contributed by atoms with Gasteiger partial charge in [0.05, 0.1) is 17.3 Å². The first kappa shape index (κ1) is 17.2. The van der Waals surface area contributed by atoms with Gasteiger partial charge in [-0.2, -0.15) is 5.10 Å². The number of hydrogen-bond acceptors (Lipinski definition) is 4. The quantitative estimate of drug-likeness (QED) is 0.860. The minimum absolute atomic E-state index is 0. The number of nitrogens with one attached hydrogen (secondary N) is 2. The van der Waals surface area contributed by atoms with Crippen molar-refractivity contribution in [2.45, 2.75) is 19.4 Å². The van der Waals surface area contributed by atoms with Crippen molar-refractivity contribution in [1.29, 1.82) is 0 Å². The molecule has 0 saturated carbocycles. The molecule has 1 aromatic heterocycles. The number of carbonyl (C=O) groups excluding carboxylic acids is 1. The zero-order valence-corrected chi connectivity index (χ0v) is 14.7. The molecule has 0 aliphatic carbocycles. The summed E-state index contributed by atoms with van der Waals surface area (Å²) in [5, 5.41) is 11.5. The molecule has 1 aromatic carbocycles. The third-order valence-corrected chi connectivity index (χ3v) is 5.04. The van der Waals surface area contributed by atoms with Gasteiger partial charge in [-0.25, -0.2) is 0 Å². The summed E-state index contributed by atoms with van der Waals surface area (Å²) in [7, 11) is 0. The van der Waals surface area contributed by atoms with Crippen molar-refractivity contribution >= 4 is 29.2 Å². The molecule has 0 spiro atoms. The van der Waals surface area contributed by atoms with Crippen LogP contribution in [0.2, 0.25) is 0 Å². The monoisotopic (exact) mass is 349 g/mol. The Morgan fingerprint density at radius 1 is 1.25 bits per heavy atom. The maximum Gasteiger partial charge on any atom is 0.256 e. The Hall–Kier alpha value is -1.63. The van der Waals surface area contributed by atoms with E-state index in [2.05, 4.69) is 26.5 Å². The third kappa shape index (κ3) is 3.14. The number of aromatic nitrogens is 2. The third-order valence-electron chi connectivity index (χ3n) is 5.04. The number of aromatic amines is 1. The summed E-state index contributed by atoms with van der Waals surface area (Å²) in [6.07, 6.45) is 2.86. The SMILES string of the molecule is Cc1cc(C(=O)N2CCC(N3CCNCC3)C2)c2[nH]ncc2c1.Cl. The molecule has 4 rings (SSSR count). The standard InChI is InChI=1S/C17H23N5O.ClH/c1-12-8-13-10-19-20-16(13)15(9-12)17(23)22-5-2-14(11-22)21-6-3-18-4-7-21;/h8-10,14,18H,2-7,11H2,1H3,(H,19,20);1H. The van der Waals surface area contributed by atoms with Crippen LogP contribution in [0.15, 0.2) is 18.3 Å². The summed E-state index contributed by atoms with van der Waals surface area (Å²) in [5.74, 6) is 0.126. The molecule has 1 amide bonds. The van der Waals surface area contributed by atoms with E-state index in [1.165, 1.54) is 0 Å². The molecule has 0 bridgehead atoms. The van der Waals surface area contributed by atoms with Crippen LogP contribution < -0.4 is 5.32 Å². The molecule has 2 aromatic rings. The van der Waals surface area contributed by atoms with E-state index in [0.29, 0.717) is 6.04 Å². The van der Waals surface area contributed by atoms with E-state index in [4.69, 9.17) is 0 Å². The van der Waals surface area contributed by atoms with E-state index < -0.39 is 0 Å². The number of halogens is 1. The van der Waals surface area contributed by atoms with Crippen LogP contribution in [0, 0.1) is 6.92 Å². The Bertz CT molecular complexity index is 725. The van der Waals surface area contributed by atoms with Gasteiger partial charge < -0.3 is 10.2 Å². The molecular formula is C17H24ClN5O. The minimum atomic E-state index is 0. The fourth-order valence-electron chi connectivity index (χ4n) is 3.82. The average molecular weight is 350 g/mol. The summed E-state index contributed by atoms with van der Waals surface area (Å²) < 4.78 is 0. The van der Waals surface area contributed by atoms with E-state index in [9.17, 15) is 4.79 Å². The lowest BCUT2D eigenvalue weighted by atomic mass is 10.1. The second-order valence-electron chi connectivity index (χ2n) is 6.63. The van der Waals surface area contributed by atoms with E-state index in [-0.39, 0.29) is 18.3 Å². The lowest BCUT2D eigenvalue weighted by Gasteiger charge is -2.32. The van der Waals surface area contributed by atoms with Gasteiger partial charge in [-0.05, 0) is 31.0 Å². The van der Waals surface area contributed by atoms with Gasteiger partial charge >= 0.3 is 0 Å². The summed E-state index contributed by atoms with van der Waals surface area (Å²) >= 11 is 0. The van der Waals surface area contributed by atoms with Crippen molar-refractivity contribution in [3.05, 3.63) is 29.5 Å². The van der Waals surface area contributed by atoms with Crippen molar-refractivity contribution in [3.63, 3.8) is 0 Å². The fourth-order valence-corrected chi connectivity index (χ4v) is 3.82. The predicted octanol–water partition coefficient (Wildman–Crippen LogP) is 1.41. The highest BCUT2D eigenvalue weighted by Crippen LogP contribution is 2.23. The average Bonchev–Trinajstić information content (AvgIpc) is 3.23. The number of H-pyrrole nitrogens is 1. The highest BCUT2D eigenvalue weighted by Gasteiger charge is 2.32. The summed E-state index contributed by atoms with van der Waals surface area (Å²) in [6.45, 7) is 7.98. The van der Waals surface area contributed by atoms with Gasteiger partial charge in [0.2, 0.25) is 0 Å². The fraction of sp³-hybridized carbons (Fsp3) is 0.529. The topological polar surface area (TPSA) is 64.3 Å². The Labute approximate surface area is 148 Å². The maximum atomic E-state index is 13.0. The van der Waals surface area contributed by atoms with Gasteiger partial charge in [-0.15, -0.1) is 12.4 Å². The van der Waals surface area contributed by atoms with Gasteiger partial charge in [-0.1, -0.05) is 0 Å². The first-order valence-electron chi connectivity index (χ1n) is 8.40. The molecule has 3 heterocycles. The molecule has 1 atom stereocenters. The van der Waals surface area contributed by atoms with Crippen LogP contribution in [0.1, 0.15) is 22.3 Å². The van der Waals surface area contributed by atoms with Crippen LogP contribution in [-0.2, 0) is 0 Å². The second-order valence-corrected chi connectivity index (χ2v) is 6.63.